The summed E-state index contributed by atoms with van der Waals surface area (Å²) < 4.78 is 1.04. The number of nitrogens with one attached hydrogen (secondary N) is 1. The maximum absolute atomic E-state index is 11.6. The second-order valence-corrected chi connectivity index (χ2v) is 5.28. The Kier molecular flexibility index (Phi) is 10.9. The Hall–Kier alpha value is -0.580. The third-order valence-electron chi connectivity index (χ3n) is 2.74. The Morgan fingerprint density at radius 2 is 1.95 bits per heavy atom. The Bertz CT molecular complexity index is 374. The Morgan fingerprint density at radius 3 is 2.63 bits per heavy atom. The van der Waals surface area contributed by atoms with Gasteiger partial charge < -0.3 is 11.1 Å². The first-order valence-electron chi connectivity index (χ1n) is 6.43. The minimum atomic E-state index is 0. The molecule has 0 bridgehead atoms. The molecule has 1 aromatic carbocycles. The molecule has 19 heavy (non-hydrogen) atoms. The van der Waals surface area contributed by atoms with Crippen molar-refractivity contribution in [1.82, 2.24) is 5.32 Å². The minimum Gasteiger partial charge on any atom is -0.352 e. The zero-order valence-corrected chi connectivity index (χ0v) is 13.4. The van der Waals surface area contributed by atoms with Gasteiger partial charge in [-0.3, -0.25) is 4.79 Å². The van der Waals surface area contributed by atoms with E-state index in [9.17, 15) is 4.79 Å². The van der Waals surface area contributed by atoms with Crippen LogP contribution in [0.3, 0.4) is 0 Å². The van der Waals surface area contributed by atoms with Gasteiger partial charge in [0.25, 0.3) is 0 Å². The molecule has 1 aromatic rings. The molecule has 0 aliphatic carbocycles. The van der Waals surface area contributed by atoms with E-state index in [0.29, 0.717) is 13.0 Å². The molecular weight excluding hydrogens is 328 g/mol. The van der Waals surface area contributed by atoms with Crippen LogP contribution < -0.4 is 11.1 Å². The summed E-state index contributed by atoms with van der Waals surface area (Å²) in [5.74, 6) is 0.128. The number of rotatable bonds is 8. The van der Waals surface area contributed by atoms with E-state index in [2.05, 4.69) is 21.2 Å². The van der Waals surface area contributed by atoms with E-state index in [-0.39, 0.29) is 18.3 Å². The molecule has 3 N–H and O–H groups in total. The van der Waals surface area contributed by atoms with E-state index < -0.39 is 0 Å². The van der Waals surface area contributed by atoms with E-state index in [0.717, 1.165) is 42.3 Å². The summed E-state index contributed by atoms with van der Waals surface area (Å²) in [5.41, 5.74) is 6.52. The summed E-state index contributed by atoms with van der Waals surface area (Å²) in [7, 11) is 0. The lowest BCUT2D eigenvalue weighted by Crippen LogP contribution is -2.22. The molecule has 0 unspecified atom stereocenters. The van der Waals surface area contributed by atoms with Crippen LogP contribution in [-0.2, 0) is 11.3 Å². The Morgan fingerprint density at radius 1 is 1.21 bits per heavy atom. The second-order valence-electron chi connectivity index (χ2n) is 4.36. The highest BCUT2D eigenvalue weighted by Crippen LogP contribution is 2.11. The highest BCUT2D eigenvalue weighted by molar-refractivity contribution is 9.10. The molecule has 0 saturated heterocycles. The van der Waals surface area contributed by atoms with Gasteiger partial charge in [0, 0.05) is 17.4 Å². The predicted molar refractivity (Wildman–Crippen MR) is 85.4 cm³/mol. The van der Waals surface area contributed by atoms with Crippen LogP contribution in [0.1, 0.15) is 37.7 Å². The minimum absolute atomic E-state index is 0. The number of amides is 1. The van der Waals surface area contributed by atoms with E-state index in [1.807, 2.05) is 24.3 Å². The van der Waals surface area contributed by atoms with E-state index in [1.54, 1.807) is 0 Å². The molecule has 5 heteroatoms. The lowest BCUT2D eigenvalue weighted by atomic mass is 10.1. The van der Waals surface area contributed by atoms with Crippen molar-refractivity contribution < 1.29 is 4.79 Å². The van der Waals surface area contributed by atoms with Gasteiger partial charge in [0.2, 0.25) is 5.91 Å². The molecule has 0 saturated carbocycles. The summed E-state index contributed by atoms with van der Waals surface area (Å²) in [6.45, 7) is 1.34. The van der Waals surface area contributed by atoms with Gasteiger partial charge in [0.1, 0.15) is 0 Å². The van der Waals surface area contributed by atoms with Crippen LogP contribution in [0.2, 0.25) is 0 Å². The molecule has 1 rings (SSSR count). The smallest absolute Gasteiger partial charge is 0.220 e. The third-order valence-corrected chi connectivity index (χ3v) is 3.23. The SMILES string of the molecule is Cl.NCCCCCCC(=O)NCc1cccc(Br)c1. The van der Waals surface area contributed by atoms with Gasteiger partial charge in [-0.25, -0.2) is 0 Å². The monoisotopic (exact) mass is 348 g/mol. The van der Waals surface area contributed by atoms with Crippen molar-refractivity contribution in [3.63, 3.8) is 0 Å². The summed E-state index contributed by atoms with van der Waals surface area (Å²) in [6, 6.07) is 7.97. The van der Waals surface area contributed by atoms with Gasteiger partial charge >= 0.3 is 0 Å². The summed E-state index contributed by atoms with van der Waals surface area (Å²) >= 11 is 3.41. The number of unbranched alkanes of at least 4 members (excludes halogenated alkanes) is 3. The van der Waals surface area contributed by atoms with Gasteiger partial charge in [0.15, 0.2) is 0 Å². The topological polar surface area (TPSA) is 55.1 Å². The summed E-state index contributed by atoms with van der Waals surface area (Å²) in [4.78, 5) is 11.6. The van der Waals surface area contributed by atoms with Gasteiger partial charge in [-0.05, 0) is 37.1 Å². The molecule has 1 amide bonds. The number of carbonyl (C=O) groups is 1. The molecule has 0 aliphatic heterocycles. The first-order chi connectivity index (χ1) is 8.72. The Balaban J connectivity index is 0.00000324. The van der Waals surface area contributed by atoms with Crippen molar-refractivity contribution in [2.75, 3.05) is 6.54 Å². The molecule has 3 nitrogen and oxygen atoms in total. The average Bonchev–Trinajstić information content (AvgIpc) is 2.36. The fraction of sp³-hybridized carbons (Fsp3) is 0.500. The molecule has 0 fully saturated rings. The van der Waals surface area contributed by atoms with Crippen LogP contribution in [-0.4, -0.2) is 12.5 Å². The molecular formula is C14H22BrClN2O. The van der Waals surface area contributed by atoms with Crippen molar-refractivity contribution in [3.05, 3.63) is 34.3 Å². The highest BCUT2D eigenvalue weighted by Gasteiger charge is 2.01. The summed E-state index contributed by atoms with van der Waals surface area (Å²) in [5, 5.41) is 2.93. The zero-order chi connectivity index (χ0) is 13.2. The van der Waals surface area contributed by atoms with Crippen molar-refractivity contribution in [3.8, 4) is 0 Å². The van der Waals surface area contributed by atoms with Crippen LogP contribution in [0, 0.1) is 0 Å². The molecule has 0 radical (unpaired) electrons. The van der Waals surface area contributed by atoms with E-state index >= 15 is 0 Å². The van der Waals surface area contributed by atoms with E-state index in [1.165, 1.54) is 0 Å². The standard InChI is InChI=1S/C14H21BrN2O.ClH/c15-13-7-5-6-12(10-13)11-17-14(18)8-3-1-2-4-9-16;/h5-7,10H,1-4,8-9,11,16H2,(H,17,18);1H. The van der Waals surface area contributed by atoms with Crippen LogP contribution >= 0.6 is 28.3 Å². The maximum Gasteiger partial charge on any atom is 0.220 e. The van der Waals surface area contributed by atoms with Crippen LogP contribution in [0.5, 0.6) is 0 Å². The average molecular weight is 350 g/mol. The molecule has 0 heterocycles. The second kappa shape index (κ2) is 11.3. The predicted octanol–water partition coefficient (Wildman–Crippen LogP) is 3.40. The molecule has 0 atom stereocenters. The fourth-order valence-corrected chi connectivity index (χ4v) is 2.17. The van der Waals surface area contributed by atoms with Crippen LogP contribution in [0.15, 0.2) is 28.7 Å². The number of carbonyl (C=O) groups excluding carboxylic acids is 1. The number of hydrogen-bond donors (Lipinski definition) is 2. The lowest BCUT2D eigenvalue weighted by molar-refractivity contribution is -0.121. The molecule has 0 aliphatic rings. The van der Waals surface area contributed by atoms with Gasteiger partial charge in [-0.2, -0.15) is 0 Å². The zero-order valence-electron chi connectivity index (χ0n) is 11.0. The number of nitrogens with two attached hydrogens (primary N) is 1. The van der Waals surface area contributed by atoms with Crippen molar-refractivity contribution in [2.24, 2.45) is 5.73 Å². The maximum atomic E-state index is 11.6. The molecule has 108 valence electrons. The summed E-state index contributed by atoms with van der Waals surface area (Å²) in [6.07, 6.45) is 4.82. The van der Waals surface area contributed by atoms with Gasteiger partial charge in [0.05, 0.1) is 0 Å². The quantitative estimate of drug-likeness (QED) is 0.707. The first kappa shape index (κ1) is 18.4. The number of hydrogen-bond acceptors (Lipinski definition) is 2. The molecule has 0 spiro atoms. The fourth-order valence-electron chi connectivity index (χ4n) is 1.72. The van der Waals surface area contributed by atoms with Gasteiger partial charge in [-0.15, -0.1) is 12.4 Å². The van der Waals surface area contributed by atoms with Crippen molar-refractivity contribution in [1.29, 1.82) is 0 Å². The van der Waals surface area contributed by atoms with Gasteiger partial charge in [-0.1, -0.05) is 40.9 Å². The largest absolute Gasteiger partial charge is 0.352 e. The number of benzene rings is 1. The van der Waals surface area contributed by atoms with E-state index in [4.69, 9.17) is 5.73 Å². The normalized spacial score (nSPS) is 9.79. The van der Waals surface area contributed by atoms with Crippen molar-refractivity contribution >= 4 is 34.2 Å². The highest BCUT2D eigenvalue weighted by atomic mass is 79.9. The third kappa shape index (κ3) is 9.03. The lowest BCUT2D eigenvalue weighted by Gasteiger charge is -2.05. The van der Waals surface area contributed by atoms with Crippen LogP contribution in [0.4, 0.5) is 0 Å². The van der Waals surface area contributed by atoms with Crippen LogP contribution in [0.25, 0.3) is 0 Å². The molecule has 0 aromatic heterocycles. The first-order valence-corrected chi connectivity index (χ1v) is 7.23. The number of halogens is 2. The Labute approximate surface area is 129 Å². The van der Waals surface area contributed by atoms with Crippen molar-refractivity contribution in [2.45, 2.75) is 38.6 Å².